The first-order valence-electron chi connectivity index (χ1n) is 10.1. The van der Waals surface area contributed by atoms with Gasteiger partial charge in [0.05, 0.1) is 19.8 Å². The first-order chi connectivity index (χ1) is 14.0. The second-order valence-electron chi connectivity index (χ2n) is 7.38. The summed E-state index contributed by atoms with van der Waals surface area (Å²) in [5.74, 6) is 0.297. The van der Waals surface area contributed by atoms with Gasteiger partial charge >= 0.3 is 0 Å². The lowest BCUT2D eigenvalue weighted by atomic mass is 10.1. The number of morpholine rings is 1. The number of carbonyl (C=O) groups is 1. The highest BCUT2D eigenvalue weighted by Gasteiger charge is 2.12. The van der Waals surface area contributed by atoms with Gasteiger partial charge in [0.2, 0.25) is 5.96 Å². The molecule has 1 amide bonds. The Bertz CT molecular complexity index is 856. The number of hydrogen-bond donors (Lipinski definition) is 2. The van der Waals surface area contributed by atoms with Crippen molar-refractivity contribution in [2.24, 2.45) is 4.99 Å². The molecule has 0 aromatic heterocycles. The number of ether oxygens (including phenoxy) is 1. The van der Waals surface area contributed by atoms with Crippen LogP contribution in [0, 0.1) is 20.8 Å². The van der Waals surface area contributed by atoms with Crippen LogP contribution in [-0.4, -0.2) is 56.2 Å². The number of carbonyl (C=O) groups excluding carboxylic acids is 1. The SMILES string of the molecule is Cc1ccc(C(=O)NC(=NCCN2CCOCC2)Nc2cccc(C)c2C)cc1. The molecule has 3 rings (SSSR count). The predicted molar refractivity (Wildman–Crippen MR) is 118 cm³/mol. The van der Waals surface area contributed by atoms with Crippen LogP contribution in [0.3, 0.4) is 0 Å². The molecule has 0 saturated carbocycles. The Hall–Kier alpha value is -2.70. The molecule has 1 aliphatic rings. The minimum absolute atomic E-state index is 0.173. The van der Waals surface area contributed by atoms with Gasteiger partial charge in [-0.2, -0.15) is 0 Å². The van der Waals surface area contributed by atoms with Crippen LogP contribution in [0.1, 0.15) is 27.0 Å². The Balaban J connectivity index is 1.72. The average molecular weight is 395 g/mol. The summed E-state index contributed by atoms with van der Waals surface area (Å²) in [4.78, 5) is 19.7. The average Bonchev–Trinajstić information content (AvgIpc) is 2.72. The van der Waals surface area contributed by atoms with Crippen LogP contribution in [0.2, 0.25) is 0 Å². The summed E-state index contributed by atoms with van der Waals surface area (Å²) in [6.07, 6.45) is 0. The lowest BCUT2D eigenvalue weighted by Gasteiger charge is -2.25. The lowest BCUT2D eigenvalue weighted by molar-refractivity contribution is 0.0394. The van der Waals surface area contributed by atoms with Gasteiger partial charge in [0.1, 0.15) is 0 Å². The summed E-state index contributed by atoms with van der Waals surface area (Å²) >= 11 is 0. The number of nitrogens with zero attached hydrogens (tertiary/aromatic N) is 2. The summed E-state index contributed by atoms with van der Waals surface area (Å²) in [6, 6.07) is 13.6. The van der Waals surface area contributed by atoms with Crippen molar-refractivity contribution < 1.29 is 9.53 Å². The molecule has 0 unspecified atom stereocenters. The van der Waals surface area contributed by atoms with Crippen LogP contribution in [0.4, 0.5) is 5.69 Å². The summed E-state index contributed by atoms with van der Waals surface area (Å²) < 4.78 is 5.39. The normalized spacial score (nSPS) is 15.2. The highest BCUT2D eigenvalue weighted by atomic mass is 16.5. The third-order valence-corrected chi connectivity index (χ3v) is 5.19. The fourth-order valence-electron chi connectivity index (χ4n) is 3.14. The van der Waals surface area contributed by atoms with Crippen molar-refractivity contribution in [1.82, 2.24) is 10.2 Å². The van der Waals surface area contributed by atoms with Gasteiger partial charge in [-0.1, -0.05) is 29.8 Å². The van der Waals surface area contributed by atoms with Crippen molar-refractivity contribution >= 4 is 17.6 Å². The maximum Gasteiger partial charge on any atom is 0.257 e. The standard InChI is InChI=1S/C23H30N4O2/c1-17-7-9-20(10-8-17)22(28)26-23(24-11-12-27-13-15-29-16-14-27)25-21-6-4-5-18(2)19(21)3/h4-10H,11-16H2,1-3H3,(H2,24,25,26,28). The Kier molecular flexibility index (Phi) is 7.38. The molecule has 0 bridgehead atoms. The highest BCUT2D eigenvalue weighted by Crippen LogP contribution is 2.17. The van der Waals surface area contributed by atoms with E-state index < -0.39 is 0 Å². The Morgan fingerprint density at radius 3 is 2.52 bits per heavy atom. The van der Waals surface area contributed by atoms with Crippen LogP contribution in [0.5, 0.6) is 0 Å². The van der Waals surface area contributed by atoms with Crippen molar-refractivity contribution in [3.8, 4) is 0 Å². The van der Waals surface area contributed by atoms with E-state index in [9.17, 15) is 4.79 Å². The van der Waals surface area contributed by atoms with Gasteiger partial charge in [-0.05, 0) is 50.1 Å². The largest absolute Gasteiger partial charge is 0.379 e. The molecule has 1 heterocycles. The van der Waals surface area contributed by atoms with Crippen LogP contribution in [-0.2, 0) is 4.74 Å². The maximum atomic E-state index is 12.7. The van der Waals surface area contributed by atoms with Crippen molar-refractivity contribution in [2.45, 2.75) is 20.8 Å². The van der Waals surface area contributed by atoms with E-state index in [0.717, 1.165) is 49.7 Å². The Morgan fingerprint density at radius 2 is 1.79 bits per heavy atom. The molecule has 6 heteroatoms. The molecule has 2 aromatic carbocycles. The minimum atomic E-state index is -0.173. The zero-order valence-corrected chi connectivity index (χ0v) is 17.5. The van der Waals surface area contributed by atoms with Crippen molar-refractivity contribution in [3.05, 3.63) is 64.7 Å². The Morgan fingerprint density at radius 1 is 1.07 bits per heavy atom. The zero-order valence-electron chi connectivity index (χ0n) is 17.5. The van der Waals surface area contributed by atoms with E-state index >= 15 is 0 Å². The van der Waals surface area contributed by atoms with Gasteiger partial charge < -0.3 is 10.1 Å². The van der Waals surface area contributed by atoms with E-state index in [0.29, 0.717) is 18.1 Å². The number of aryl methyl sites for hydroxylation is 2. The molecular formula is C23H30N4O2. The van der Waals surface area contributed by atoms with E-state index in [2.05, 4.69) is 40.4 Å². The summed E-state index contributed by atoms with van der Waals surface area (Å²) in [7, 11) is 0. The van der Waals surface area contributed by atoms with Crippen LogP contribution in [0.15, 0.2) is 47.5 Å². The number of hydrogen-bond acceptors (Lipinski definition) is 4. The quantitative estimate of drug-likeness (QED) is 0.604. The van der Waals surface area contributed by atoms with E-state index in [4.69, 9.17) is 4.74 Å². The van der Waals surface area contributed by atoms with Crippen LogP contribution in [0.25, 0.3) is 0 Å². The monoisotopic (exact) mass is 394 g/mol. The molecular weight excluding hydrogens is 364 g/mol. The molecule has 0 atom stereocenters. The number of nitrogens with one attached hydrogen (secondary N) is 2. The molecule has 2 aromatic rings. The molecule has 29 heavy (non-hydrogen) atoms. The first kappa shape index (κ1) is 21.0. The molecule has 2 N–H and O–H groups in total. The topological polar surface area (TPSA) is 66.0 Å². The Labute approximate surface area is 173 Å². The highest BCUT2D eigenvalue weighted by molar-refractivity contribution is 6.10. The zero-order chi connectivity index (χ0) is 20.6. The van der Waals surface area contributed by atoms with Crippen molar-refractivity contribution in [3.63, 3.8) is 0 Å². The molecule has 1 aliphatic heterocycles. The number of aliphatic imine (C=N–C) groups is 1. The fraction of sp³-hybridized carbons (Fsp3) is 0.391. The van der Waals surface area contributed by atoms with Crippen molar-refractivity contribution in [1.29, 1.82) is 0 Å². The second kappa shape index (κ2) is 10.2. The van der Waals surface area contributed by atoms with Gasteiger partial charge in [0.15, 0.2) is 0 Å². The molecule has 1 fully saturated rings. The van der Waals surface area contributed by atoms with Gasteiger partial charge in [0, 0.05) is 30.9 Å². The van der Waals surface area contributed by atoms with Crippen LogP contribution >= 0.6 is 0 Å². The first-order valence-corrected chi connectivity index (χ1v) is 10.1. The minimum Gasteiger partial charge on any atom is -0.379 e. The number of guanidine groups is 1. The molecule has 0 radical (unpaired) electrons. The smallest absolute Gasteiger partial charge is 0.257 e. The van der Waals surface area contributed by atoms with Gasteiger partial charge in [-0.15, -0.1) is 0 Å². The summed E-state index contributed by atoms with van der Waals surface area (Å²) in [5, 5.41) is 6.26. The molecule has 6 nitrogen and oxygen atoms in total. The van der Waals surface area contributed by atoms with E-state index in [-0.39, 0.29) is 5.91 Å². The van der Waals surface area contributed by atoms with Crippen LogP contribution < -0.4 is 10.6 Å². The lowest BCUT2D eigenvalue weighted by Crippen LogP contribution is -2.39. The summed E-state index contributed by atoms with van der Waals surface area (Å²) in [5.41, 5.74) is 5.00. The number of anilines is 1. The number of rotatable bonds is 5. The van der Waals surface area contributed by atoms with Gasteiger partial charge in [-0.3, -0.25) is 20.0 Å². The molecule has 0 aliphatic carbocycles. The molecule has 154 valence electrons. The third kappa shape index (κ3) is 6.14. The number of benzene rings is 2. The van der Waals surface area contributed by atoms with E-state index in [1.54, 1.807) is 0 Å². The molecule has 1 saturated heterocycles. The fourth-order valence-corrected chi connectivity index (χ4v) is 3.14. The predicted octanol–water partition coefficient (Wildman–Crippen LogP) is 3.14. The maximum absolute atomic E-state index is 12.7. The van der Waals surface area contributed by atoms with Gasteiger partial charge in [-0.25, -0.2) is 0 Å². The third-order valence-electron chi connectivity index (χ3n) is 5.19. The van der Waals surface area contributed by atoms with E-state index in [1.165, 1.54) is 5.56 Å². The van der Waals surface area contributed by atoms with Crippen molar-refractivity contribution in [2.75, 3.05) is 44.7 Å². The molecule has 0 spiro atoms. The number of amides is 1. The second-order valence-corrected chi connectivity index (χ2v) is 7.38. The van der Waals surface area contributed by atoms with E-state index in [1.807, 2.05) is 43.3 Å². The summed E-state index contributed by atoms with van der Waals surface area (Å²) in [6.45, 7) is 10.9. The van der Waals surface area contributed by atoms with Gasteiger partial charge in [0.25, 0.3) is 5.91 Å².